The van der Waals surface area contributed by atoms with E-state index < -0.39 is 0 Å². The summed E-state index contributed by atoms with van der Waals surface area (Å²) in [5, 5.41) is 0. The van der Waals surface area contributed by atoms with Gasteiger partial charge in [0.2, 0.25) is 0 Å². The van der Waals surface area contributed by atoms with Gasteiger partial charge in [-0.05, 0) is 84.7 Å². The Bertz CT molecular complexity index is 1240. The zero-order valence-electron chi connectivity index (χ0n) is 19.5. The van der Waals surface area contributed by atoms with Crippen LogP contribution in [0.5, 0.6) is 0 Å². The summed E-state index contributed by atoms with van der Waals surface area (Å²) in [6, 6.07) is 25.9. The molecule has 1 aliphatic rings. The van der Waals surface area contributed by atoms with Crippen LogP contribution in [0.3, 0.4) is 0 Å². The third-order valence-electron chi connectivity index (χ3n) is 6.23. The van der Waals surface area contributed by atoms with Crippen molar-refractivity contribution in [3.63, 3.8) is 0 Å². The number of aryl methyl sites for hydroxylation is 2. The maximum absolute atomic E-state index is 5.03. The summed E-state index contributed by atoms with van der Waals surface area (Å²) < 4.78 is 0. The lowest BCUT2D eigenvalue weighted by Gasteiger charge is -2.14. The minimum Gasteiger partial charge on any atom is -0.257 e. The monoisotopic (exact) mass is 417 g/mol. The molecule has 0 radical (unpaired) electrons. The Kier molecular flexibility index (Phi) is 6.66. The van der Waals surface area contributed by atoms with Crippen molar-refractivity contribution >= 4 is 11.3 Å². The highest BCUT2D eigenvalue weighted by atomic mass is 14.8. The highest BCUT2D eigenvalue weighted by Gasteiger charge is 2.10. The molecule has 0 atom stereocenters. The normalized spacial score (nSPS) is 19.6. The van der Waals surface area contributed by atoms with Crippen LogP contribution in [0.4, 0.5) is 0 Å². The second-order valence-corrected chi connectivity index (χ2v) is 8.60. The number of hydrogen-bond donors (Lipinski definition) is 0. The molecule has 1 aliphatic carbocycles. The number of aliphatic imine (C=N–C) groups is 1. The maximum atomic E-state index is 5.03. The summed E-state index contributed by atoms with van der Waals surface area (Å²) in [5.74, 6) is 0. The molecular formula is C31H31N. The van der Waals surface area contributed by atoms with Crippen LogP contribution in [-0.2, 0) is 0 Å². The number of rotatable bonds is 4. The molecule has 0 saturated carbocycles. The van der Waals surface area contributed by atoms with Crippen molar-refractivity contribution in [1.82, 2.24) is 0 Å². The second-order valence-electron chi connectivity index (χ2n) is 8.60. The van der Waals surface area contributed by atoms with E-state index in [0.717, 1.165) is 18.6 Å². The summed E-state index contributed by atoms with van der Waals surface area (Å²) in [6.45, 7) is 8.67. The van der Waals surface area contributed by atoms with E-state index in [0.29, 0.717) is 0 Å². The smallest absolute Gasteiger partial charge is 0.0448 e. The molecule has 0 aromatic heterocycles. The Labute approximate surface area is 192 Å². The third kappa shape index (κ3) is 4.89. The van der Waals surface area contributed by atoms with Crippen molar-refractivity contribution in [2.45, 2.75) is 40.5 Å². The van der Waals surface area contributed by atoms with Crippen LogP contribution in [0.2, 0.25) is 0 Å². The molecule has 0 amide bonds. The van der Waals surface area contributed by atoms with Crippen molar-refractivity contribution in [2.75, 3.05) is 0 Å². The van der Waals surface area contributed by atoms with Gasteiger partial charge in [0, 0.05) is 17.8 Å². The Morgan fingerprint density at radius 1 is 0.750 bits per heavy atom. The molecule has 0 unspecified atom stereocenters. The molecule has 0 aliphatic heterocycles. The molecule has 3 aromatic carbocycles. The van der Waals surface area contributed by atoms with E-state index in [1.54, 1.807) is 0 Å². The highest BCUT2D eigenvalue weighted by Crippen LogP contribution is 2.31. The number of hydrogen-bond acceptors (Lipinski definition) is 1. The fourth-order valence-electron chi connectivity index (χ4n) is 4.20. The first-order valence-corrected chi connectivity index (χ1v) is 11.4. The van der Waals surface area contributed by atoms with Crippen LogP contribution in [0.15, 0.2) is 107 Å². The van der Waals surface area contributed by atoms with Crippen molar-refractivity contribution in [2.24, 2.45) is 4.99 Å². The molecule has 160 valence electrons. The van der Waals surface area contributed by atoms with E-state index in [1.807, 2.05) is 6.07 Å². The van der Waals surface area contributed by atoms with Crippen molar-refractivity contribution in [3.8, 4) is 11.1 Å². The van der Waals surface area contributed by atoms with E-state index in [9.17, 15) is 0 Å². The largest absolute Gasteiger partial charge is 0.257 e. The zero-order chi connectivity index (χ0) is 22.5. The van der Waals surface area contributed by atoms with Gasteiger partial charge < -0.3 is 0 Å². The minimum atomic E-state index is 0.837. The fourth-order valence-corrected chi connectivity index (χ4v) is 4.20. The van der Waals surface area contributed by atoms with Crippen LogP contribution in [0, 0.1) is 13.8 Å². The van der Waals surface area contributed by atoms with Gasteiger partial charge in [0.05, 0.1) is 0 Å². The SMILES string of the molecule is CC(=N/C1=C(\C)C/C=C\C(c2ccc(C)c(-c3ccccc3C)c2)=C/C1)c1ccccc1. The summed E-state index contributed by atoms with van der Waals surface area (Å²) in [6.07, 6.45) is 8.61. The van der Waals surface area contributed by atoms with Gasteiger partial charge in [0.1, 0.15) is 0 Å². The van der Waals surface area contributed by atoms with E-state index in [-0.39, 0.29) is 0 Å². The third-order valence-corrected chi connectivity index (χ3v) is 6.23. The average molecular weight is 418 g/mol. The molecule has 32 heavy (non-hydrogen) atoms. The predicted octanol–water partition coefficient (Wildman–Crippen LogP) is 8.49. The molecule has 0 heterocycles. The number of benzene rings is 3. The molecule has 0 spiro atoms. The zero-order valence-corrected chi connectivity index (χ0v) is 19.5. The first-order chi connectivity index (χ1) is 15.5. The van der Waals surface area contributed by atoms with Gasteiger partial charge in [0.25, 0.3) is 0 Å². The number of nitrogens with zero attached hydrogens (tertiary/aromatic N) is 1. The van der Waals surface area contributed by atoms with Gasteiger partial charge in [0.15, 0.2) is 0 Å². The van der Waals surface area contributed by atoms with Gasteiger partial charge in [-0.15, -0.1) is 0 Å². The summed E-state index contributed by atoms with van der Waals surface area (Å²) in [4.78, 5) is 5.03. The molecule has 0 N–H and O–H groups in total. The molecule has 1 nitrogen and oxygen atoms in total. The summed E-state index contributed by atoms with van der Waals surface area (Å²) >= 11 is 0. The molecule has 1 heteroatoms. The topological polar surface area (TPSA) is 12.4 Å². The Morgan fingerprint density at radius 3 is 2.25 bits per heavy atom. The van der Waals surface area contributed by atoms with Crippen molar-refractivity contribution < 1.29 is 0 Å². The van der Waals surface area contributed by atoms with Crippen LogP contribution in [-0.4, -0.2) is 5.71 Å². The van der Waals surface area contributed by atoms with Gasteiger partial charge in [-0.1, -0.05) is 85.0 Å². The first-order valence-electron chi connectivity index (χ1n) is 11.4. The summed E-state index contributed by atoms with van der Waals surface area (Å²) in [7, 11) is 0. The van der Waals surface area contributed by atoms with Crippen LogP contribution >= 0.6 is 0 Å². The minimum absolute atomic E-state index is 0.837. The van der Waals surface area contributed by atoms with E-state index in [1.165, 1.54) is 50.2 Å². The second kappa shape index (κ2) is 9.78. The standard InChI is InChI=1S/C31H31N/c1-22-11-8-9-16-29(22)30-21-28(18-17-23(30)2)27-15-10-12-24(3)31(20-19-27)32-25(4)26-13-6-5-7-14-26/h5-11,13-19,21H,12,20H2,1-4H3/b15-10-,27-19+,31-24+,32-25?. The summed E-state index contributed by atoms with van der Waals surface area (Å²) in [5.41, 5.74) is 12.5. The molecular weight excluding hydrogens is 386 g/mol. The molecule has 0 fully saturated rings. The van der Waals surface area contributed by atoms with E-state index in [2.05, 4.69) is 113 Å². The lowest BCUT2D eigenvalue weighted by molar-refractivity contribution is 1.04. The van der Waals surface area contributed by atoms with Crippen LogP contribution in [0.25, 0.3) is 16.7 Å². The van der Waals surface area contributed by atoms with Crippen molar-refractivity contribution in [3.05, 3.63) is 125 Å². The molecule has 4 rings (SSSR count). The Morgan fingerprint density at radius 2 is 1.47 bits per heavy atom. The van der Waals surface area contributed by atoms with Gasteiger partial charge in [-0.3, -0.25) is 4.99 Å². The molecule has 0 saturated heterocycles. The molecule has 3 aromatic rings. The lowest BCUT2D eigenvalue weighted by atomic mass is 9.91. The van der Waals surface area contributed by atoms with E-state index in [4.69, 9.17) is 4.99 Å². The fraction of sp³-hybridized carbons (Fsp3) is 0.194. The Hall–Kier alpha value is -3.45. The lowest BCUT2D eigenvalue weighted by Crippen LogP contribution is -1.98. The van der Waals surface area contributed by atoms with Crippen LogP contribution in [0.1, 0.15) is 48.9 Å². The first kappa shape index (κ1) is 21.8. The predicted molar refractivity (Wildman–Crippen MR) is 139 cm³/mol. The van der Waals surface area contributed by atoms with Gasteiger partial charge in [-0.25, -0.2) is 0 Å². The Balaban J connectivity index is 1.68. The number of allylic oxidation sites excluding steroid dienone is 5. The molecule has 0 bridgehead atoms. The average Bonchev–Trinajstić information content (AvgIpc) is 2.80. The van der Waals surface area contributed by atoms with Gasteiger partial charge >= 0.3 is 0 Å². The van der Waals surface area contributed by atoms with E-state index >= 15 is 0 Å². The van der Waals surface area contributed by atoms with Crippen molar-refractivity contribution in [1.29, 1.82) is 0 Å². The maximum Gasteiger partial charge on any atom is 0.0448 e. The van der Waals surface area contributed by atoms with Gasteiger partial charge in [-0.2, -0.15) is 0 Å². The quantitative estimate of drug-likeness (QED) is 0.377. The van der Waals surface area contributed by atoms with Crippen LogP contribution < -0.4 is 0 Å². The highest BCUT2D eigenvalue weighted by molar-refractivity contribution is 5.99.